The Bertz CT molecular complexity index is 1340. The normalized spacial score (nSPS) is 14.8. The number of rotatable bonds is 8. The third kappa shape index (κ3) is 5.60. The molecule has 0 atom stereocenters. The van der Waals surface area contributed by atoms with Crippen LogP contribution in [0.15, 0.2) is 24.5 Å². The lowest BCUT2D eigenvalue weighted by Crippen LogP contribution is -2.37. The van der Waals surface area contributed by atoms with Gasteiger partial charge in [-0.15, -0.1) is 0 Å². The van der Waals surface area contributed by atoms with Crippen molar-refractivity contribution in [3.63, 3.8) is 0 Å². The number of aliphatic hydroxyl groups excluding tert-OH is 1. The molecule has 2 aliphatic rings. The fraction of sp³-hybridized carbons (Fsp3) is 0.385. The summed E-state index contributed by atoms with van der Waals surface area (Å²) in [5, 5.41) is 13.4. The number of halogens is 1. The summed E-state index contributed by atoms with van der Waals surface area (Å²) < 4.78 is 28.4. The average Bonchev–Trinajstić information content (AvgIpc) is 3.42. The number of fused-ring (bicyclic) bond motifs is 2. The third-order valence-electron chi connectivity index (χ3n) is 6.04. The number of benzene rings is 2. The Kier molecular flexibility index (Phi) is 7.96. The van der Waals surface area contributed by atoms with Crippen molar-refractivity contribution in [1.82, 2.24) is 14.9 Å². The number of aromatic nitrogens is 2. The molecule has 2 aliphatic heterocycles. The Morgan fingerprint density at radius 2 is 1.97 bits per heavy atom. The SMILES string of the molecule is COc1cc2c(Nc3c(Cl)cc(C#CCO)c4c3OCO4)ncnc2cc1OCCCN1CCOCC1. The first-order valence-electron chi connectivity index (χ1n) is 11.9. The lowest BCUT2D eigenvalue weighted by Gasteiger charge is -2.26. The minimum absolute atomic E-state index is 0.0305. The topological polar surface area (TPSA) is 107 Å². The molecule has 2 aromatic carbocycles. The van der Waals surface area contributed by atoms with E-state index >= 15 is 0 Å². The van der Waals surface area contributed by atoms with Gasteiger partial charge in [0.1, 0.15) is 24.4 Å². The van der Waals surface area contributed by atoms with Crippen molar-refractivity contribution < 1.29 is 28.8 Å². The van der Waals surface area contributed by atoms with Gasteiger partial charge in [0.2, 0.25) is 6.79 Å². The van der Waals surface area contributed by atoms with E-state index in [1.807, 2.05) is 12.1 Å². The molecule has 0 unspecified atom stereocenters. The molecule has 194 valence electrons. The molecular weight excluding hydrogens is 500 g/mol. The smallest absolute Gasteiger partial charge is 0.231 e. The molecule has 0 aliphatic carbocycles. The molecule has 0 amide bonds. The number of anilines is 2. The number of nitrogens with one attached hydrogen (secondary N) is 1. The minimum atomic E-state index is -0.276. The van der Waals surface area contributed by atoms with Crippen LogP contribution in [0.2, 0.25) is 5.02 Å². The van der Waals surface area contributed by atoms with Crippen molar-refractivity contribution in [2.75, 3.05) is 65.3 Å². The molecule has 0 bridgehead atoms. The molecule has 3 heterocycles. The van der Waals surface area contributed by atoms with E-state index in [1.165, 1.54) is 6.33 Å². The fourth-order valence-corrected chi connectivity index (χ4v) is 4.47. The Hall–Kier alpha value is -3.49. The van der Waals surface area contributed by atoms with Crippen molar-refractivity contribution in [3.05, 3.63) is 35.1 Å². The standard InChI is InChI=1S/C26H27ClN4O6/c1-33-21-13-18-20(14-22(21)35-9-3-5-31-6-10-34-11-7-31)28-15-29-26(18)30-23-19(27)12-17(4-2-8-32)24-25(23)37-16-36-24/h12-15,32H,3,5-11,16H2,1H3,(H,28,29,30). The quantitative estimate of drug-likeness (QED) is 0.335. The maximum atomic E-state index is 9.04. The second-order valence-electron chi connectivity index (χ2n) is 8.33. The van der Waals surface area contributed by atoms with Crippen LogP contribution in [-0.2, 0) is 4.74 Å². The van der Waals surface area contributed by atoms with Gasteiger partial charge in [-0.25, -0.2) is 9.97 Å². The highest BCUT2D eigenvalue weighted by Gasteiger charge is 2.25. The molecule has 10 nitrogen and oxygen atoms in total. The van der Waals surface area contributed by atoms with Gasteiger partial charge in [-0.1, -0.05) is 23.4 Å². The van der Waals surface area contributed by atoms with Gasteiger partial charge in [0.05, 0.1) is 43.0 Å². The van der Waals surface area contributed by atoms with Gasteiger partial charge in [-0.05, 0) is 18.6 Å². The predicted octanol–water partition coefficient (Wildman–Crippen LogP) is 3.21. The van der Waals surface area contributed by atoms with Crippen molar-refractivity contribution in [2.45, 2.75) is 6.42 Å². The van der Waals surface area contributed by atoms with E-state index in [0.29, 0.717) is 62.6 Å². The molecule has 0 saturated carbocycles. The number of aliphatic hydroxyl groups is 1. The molecule has 5 rings (SSSR count). The van der Waals surface area contributed by atoms with E-state index < -0.39 is 0 Å². The third-order valence-corrected chi connectivity index (χ3v) is 6.34. The summed E-state index contributed by atoms with van der Waals surface area (Å²) in [6.07, 6.45) is 2.36. The molecule has 1 saturated heterocycles. The van der Waals surface area contributed by atoms with Crippen molar-refractivity contribution >= 4 is 34.0 Å². The molecule has 1 fully saturated rings. The molecule has 2 N–H and O–H groups in total. The first-order chi connectivity index (χ1) is 18.2. The Morgan fingerprint density at radius 3 is 2.78 bits per heavy atom. The Balaban J connectivity index is 1.38. The highest BCUT2D eigenvalue weighted by atomic mass is 35.5. The second-order valence-corrected chi connectivity index (χ2v) is 8.74. The summed E-state index contributed by atoms with van der Waals surface area (Å²) >= 11 is 6.58. The van der Waals surface area contributed by atoms with Gasteiger partial charge in [0.15, 0.2) is 23.0 Å². The van der Waals surface area contributed by atoms with Gasteiger partial charge >= 0.3 is 0 Å². The lowest BCUT2D eigenvalue weighted by molar-refractivity contribution is 0.0357. The number of ether oxygens (including phenoxy) is 5. The number of hydrogen-bond donors (Lipinski definition) is 2. The average molecular weight is 527 g/mol. The zero-order valence-electron chi connectivity index (χ0n) is 20.4. The van der Waals surface area contributed by atoms with E-state index in [4.69, 9.17) is 40.4 Å². The van der Waals surface area contributed by atoms with Gasteiger partial charge in [0, 0.05) is 31.1 Å². The number of methoxy groups -OCH3 is 1. The van der Waals surface area contributed by atoms with E-state index in [2.05, 4.69) is 32.0 Å². The molecule has 0 radical (unpaired) electrons. The summed E-state index contributed by atoms with van der Waals surface area (Å²) in [7, 11) is 1.60. The van der Waals surface area contributed by atoms with Crippen LogP contribution in [0.5, 0.6) is 23.0 Å². The molecule has 37 heavy (non-hydrogen) atoms. The largest absolute Gasteiger partial charge is 0.493 e. The number of hydrogen-bond acceptors (Lipinski definition) is 10. The first kappa shape index (κ1) is 25.2. The van der Waals surface area contributed by atoms with Crippen LogP contribution in [0.25, 0.3) is 10.9 Å². The van der Waals surface area contributed by atoms with Gasteiger partial charge in [-0.2, -0.15) is 0 Å². The van der Waals surface area contributed by atoms with E-state index in [1.54, 1.807) is 13.2 Å². The summed E-state index contributed by atoms with van der Waals surface area (Å²) in [4.78, 5) is 11.2. The monoisotopic (exact) mass is 526 g/mol. The van der Waals surface area contributed by atoms with E-state index in [0.717, 1.165) is 39.3 Å². The van der Waals surface area contributed by atoms with Crippen LogP contribution < -0.4 is 24.3 Å². The van der Waals surface area contributed by atoms with Crippen molar-refractivity contribution in [2.24, 2.45) is 0 Å². The molecule has 0 spiro atoms. The molecule has 3 aromatic rings. The van der Waals surface area contributed by atoms with Crippen LogP contribution in [0.3, 0.4) is 0 Å². The Morgan fingerprint density at radius 1 is 1.14 bits per heavy atom. The van der Waals surface area contributed by atoms with Crippen LogP contribution in [0, 0.1) is 11.8 Å². The predicted molar refractivity (Wildman–Crippen MR) is 138 cm³/mol. The van der Waals surface area contributed by atoms with E-state index in [9.17, 15) is 0 Å². The first-order valence-corrected chi connectivity index (χ1v) is 12.3. The maximum Gasteiger partial charge on any atom is 0.231 e. The lowest BCUT2D eigenvalue weighted by atomic mass is 10.1. The summed E-state index contributed by atoms with van der Waals surface area (Å²) in [6, 6.07) is 5.34. The summed E-state index contributed by atoms with van der Waals surface area (Å²) in [5.74, 6) is 8.02. The van der Waals surface area contributed by atoms with Gasteiger partial charge in [-0.3, -0.25) is 4.90 Å². The maximum absolute atomic E-state index is 9.04. The second kappa shape index (κ2) is 11.7. The van der Waals surface area contributed by atoms with Crippen molar-refractivity contribution in [3.8, 4) is 34.8 Å². The minimum Gasteiger partial charge on any atom is -0.493 e. The molecular formula is C26H27ClN4O6. The number of nitrogens with zero attached hydrogens (tertiary/aromatic N) is 3. The summed E-state index contributed by atoms with van der Waals surface area (Å²) in [6.45, 7) is 4.74. The Labute approximate surface area is 219 Å². The zero-order valence-corrected chi connectivity index (χ0v) is 21.1. The fourth-order valence-electron chi connectivity index (χ4n) is 4.23. The van der Waals surface area contributed by atoms with Crippen LogP contribution in [0.1, 0.15) is 12.0 Å². The molecule has 11 heteroatoms. The van der Waals surface area contributed by atoms with Crippen molar-refractivity contribution in [1.29, 1.82) is 0 Å². The van der Waals surface area contributed by atoms with Crippen LogP contribution in [0.4, 0.5) is 11.5 Å². The van der Waals surface area contributed by atoms with Gasteiger partial charge < -0.3 is 34.1 Å². The number of morpholine rings is 1. The van der Waals surface area contributed by atoms with Crippen LogP contribution >= 0.6 is 11.6 Å². The highest BCUT2D eigenvalue weighted by molar-refractivity contribution is 6.34. The highest BCUT2D eigenvalue weighted by Crippen LogP contribution is 2.47. The van der Waals surface area contributed by atoms with Gasteiger partial charge in [0.25, 0.3) is 0 Å². The summed E-state index contributed by atoms with van der Waals surface area (Å²) in [5.41, 5.74) is 1.70. The van der Waals surface area contributed by atoms with E-state index in [-0.39, 0.29) is 13.4 Å². The van der Waals surface area contributed by atoms with Crippen LogP contribution in [-0.4, -0.2) is 79.9 Å². The zero-order chi connectivity index (χ0) is 25.6. The molecule has 1 aromatic heterocycles.